The van der Waals surface area contributed by atoms with Crippen LogP contribution in [0.3, 0.4) is 0 Å². The molecule has 0 unspecified atom stereocenters. The molecule has 5 heteroatoms. The van der Waals surface area contributed by atoms with Gasteiger partial charge in [0.25, 0.3) is 5.91 Å². The summed E-state index contributed by atoms with van der Waals surface area (Å²) in [4.78, 5) is 23.6. The van der Waals surface area contributed by atoms with Gasteiger partial charge in [0.2, 0.25) is 0 Å². The number of benzene rings is 1. The fourth-order valence-corrected chi connectivity index (χ4v) is 1.34. The molecule has 1 N–H and O–H groups in total. The van der Waals surface area contributed by atoms with E-state index in [2.05, 4.69) is 11.8 Å². The van der Waals surface area contributed by atoms with E-state index in [1.54, 1.807) is 12.1 Å². The van der Waals surface area contributed by atoms with Gasteiger partial charge in [0.05, 0.1) is 6.61 Å². The van der Waals surface area contributed by atoms with E-state index in [-0.39, 0.29) is 19.7 Å². The third kappa shape index (κ3) is 5.70. The Morgan fingerprint density at radius 2 is 2.00 bits per heavy atom. The van der Waals surface area contributed by atoms with E-state index < -0.39 is 11.9 Å². The van der Waals surface area contributed by atoms with Gasteiger partial charge >= 0.3 is 5.97 Å². The first-order valence-electron chi connectivity index (χ1n) is 5.70. The van der Waals surface area contributed by atoms with Crippen LogP contribution in [-0.2, 0) is 14.3 Å². The number of nitrogens with zero attached hydrogens (tertiary/aromatic N) is 1. The molecule has 100 valence electrons. The monoisotopic (exact) mass is 261 g/mol. The first-order chi connectivity index (χ1) is 9.13. The normalized spacial score (nSPS) is 9.32. The standard InChI is InChI=1S/C14H15NO4/c1-19-10-9-15(11-14(17)18)13(16)8-7-12-5-3-2-4-6-12/h2-6H,9-11H2,1H3,(H,17,18). The van der Waals surface area contributed by atoms with Crippen LogP contribution in [0.15, 0.2) is 30.3 Å². The van der Waals surface area contributed by atoms with Crippen molar-refractivity contribution in [1.82, 2.24) is 4.90 Å². The summed E-state index contributed by atoms with van der Waals surface area (Å²) >= 11 is 0. The Bertz CT molecular complexity index is 487. The highest BCUT2D eigenvalue weighted by Crippen LogP contribution is 1.96. The Balaban J connectivity index is 2.71. The van der Waals surface area contributed by atoms with Crippen LogP contribution in [0.2, 0.25) is 0 Å². The van der Waals surface area contributed by atoms with Gasteiger partial charge in [-0.05, 0) is 12.1 Å². The minimum Gasteiger partial charge on any atom is -0.480 e. The van der Waals surface area contributed by atoms with Crippen LogP contribution in [0, 0.1) is 11.8 Å². The molecule has 0 bridgehead atoms. The van der Waals surface area contributed by atoms with Gasteiger partial charge in [0.15, 0.2) is 0 Å². The second-order valence-corrected chi connectivity index (χ2v) is 3.73. The van der Waals surface area contributed by atoms with Crippen molar-refractivity contribution in [2.24, 2.45) is 0 Å². The number of carboxylic acid groups (broad SMARTS) is 1. The van der Waals surface area contributed by atoms with Crippen LogP contribution in [0.5, 0.6) is 0 Å². The lowest BCUT2D eigenvalue weighted by Gasteiger charge is -2.16. The lowest BCUT2D eigenvalue weighted by molar-refractivity contribution is -0.142. The van der Waals surface area contributed by atoms with Crippen LogP contribution in [0.25, 0.3) is 0 Å². The van der Waals surface area contributed by atoms with Crippen LogP contribution in [0.1, 0.15) is 5.56 Å². The molecule has 0 fully saturated rings. The Morgan fingerprint density at radius 1 is 1.32 bits per heavy atom. The van der Waals surface area contributed by atoms with Crippen LogP contribution < -0.4 is 0 Å². The molecular weight excluding hydrogens is 246 g/mol. The number of rotatable bonds is 5. The van der Waals surface area contributed by atoms with E-state index in [9.17, 15) is 9.59 Å². The molecule has 0 saturated carbocycles. The first-order valence-corrected chi connectivity index (χ1v) is 5.70. The summed E-state index contributed by atoms with van der Waals surface area (Å²) in [6.45, 7) is 0.0861. The molecule has 0 heterocycles. The van der Waals surface area contributed by atoms with Gasteiger partial charge in [-0.2, -0.15) is 0 Å². The number of carbonyl (C=O) groups is 2. The van der Waals surface area contributed by atoms with Crippen molar-refractivity contribution in [1.29, 1.82) is 0 Å². The molecule has 1 rings (SSSR count). The summed E-state index contributed by atoms with van der Waals surface area (Å²) in [6, 6.07) is 9.03. The summed E-state index contributed by atoms with van der Waals surface area (Å²) in [5.41, 5.74) is 0.706. The fraction of sp³-hybridized carbons (Fsp3) is 0.286. The van der Waals surface area contributed by atoms with Crippen LogP contribution >= 0.6 is 0 Å². The zero-order valence-corrected chi connectivity index (χ0v) is 10.6. The Labute approximate surface area is 111 Å². The Kier molecular flexibility index (Phi) is 6.13. The van der Waals surface area contributed by atoms with E-state index in [1.165, 1.54) is 7.11 Å². The molecule has 5 nitrogen and oxygen atoms in total. The number of amides is 1. The predicted molar refractivity (Wildman–Crippen MR) is 69.4 cm³/mol. The van der Waals surface area contributed by atoms with Crippen molar-refractivity contribution in [2.45, 2.75) is 0 Å². The largest absolute Gasteiger partial charge is 0.480 e. The topological polar surface area (TPSA) is 66.8 Å². The minimum atomic E-state index is -1.08. The van der Waals surface area contributed by atoms with Crippen molar-refractivity contribution in [3.63, 3.8) is 0 Å². The highest BCUT2D eigenvalue weighted by atomic mass is 16.5. The molecule has 0 aliphatic heterocycles. The quantitative estimate of drug-likeness (QED) is 0.788. The highest BCUT2D eigenvalue weighted by Gasteiger charge is 2.14. The fourth-order valence-electron chi connectivity index (χ4n) is 1.34. The van der Waals surface area contributed by atoms with E-state index in [4.69, 9.17) is 9.84 Å². The molecule has 0 saturated heterocycles. The number of carbonyl (C=O) groups excluding carboxylic acids is 1. The lowest BCUT2D eigenvalue weighted by Crippen LogP contribution is -2.37. The molecule has 1 aromatic carbocycles. The number of hydrogen-bond acceptors (Lipinski definition) is 3. The number of carboxylic acids is 1. The van der Waals surface area contributed by atoms with Gasteiger partial charge in [-0.25, -0.2) is 0 Å². The lowest BCUT2D eigenvalue weighted by atomic mass is 10.2. The average molecular weight is 261 g/mol. The van der Waals surface area contributed by atoms with E-state index in [1.807, 2.05) is 18.2 Å². The van der Waals surface area contributed by atoms with Gasteiger partial charge in [0.1, 0.15) is 6.54 Å². The maximum Gasteiger partial charge on any atom is 0.323 e. The second-order valence-electron chi connectivity index (χ2n) is 3.73. The second kappa shape index (κ2) is 7.90. The molecule has 0 aliphatic rings. The number of ether oxygens (including phenoxy) is 1. The first kappa shape index (κ1) is 14.7. The predicted octanol–water partition coefficient (Wildman–Crippen LogP) is 0.598. The Hall–Kier alpha value is -2.32. The maximum atomic E-state index is 11.8. The van der Waals surface area contributed by atoms with E-state index >= 15 is 0 Å². The zero-order chi connectivity index (χ0) is 14.1. The number of methoxy groups -OCH3 is 1. The minimum absolute atomic E-state index is 0.200. The van der Waals surface area contributed by atoms with Crippen molar-refractivity contribution in [2.75, 3.05) is 26.8 Å². The molecule has 0 spiro atoms. The van der Waals surface area contributed by atoms with Gasteiger partial charge < -0.3 is 14.7 Å². The van der Waals surface area contributed by atoms with Crippen LogP contribution in [-0.4, -0.2) is 48.7 Å². The van der Waals surface area contributed by atoms with Gasteiger partial charge in [-0.1, -0.05) is 24.1 Å². The Morgan fingerprint density at radius 3 is 2.58 bits per heavy atom. The summed E-state index contributed by atoms with van der Waals surface area (Å²) in [6.07, 6.45) is 0. The number of aliphatic carboxylic acids is 1. The van der Waals surface area contributed by atoms with Crippen molar-refractivity contribution in [3.8, 4) is 11.8 Å². The molecule has 0 aromatic heterocycles. The van der Waals surface area contributed by atoms with Crippen LogP contribution in [0.4, 0.5) is 0 Å². The molecule has 1 aromatic rings. The zero-order valence-electron chi connectivity index (χ0n) is 10.6. The third-order valence-electron chi connectivity index (χ3n) is 2.27. The molecule has 19 heavy (non-hydrogen) atoms. The van der Waals surface area contributed by atoms with E-state index in [0.29, 0.717) is 5.56 Å². The summed E-state index contributed by atoms with van der Waals surface area (Å²) in [5.74, 6) is 3.53. The van der Waals surface area contributed by atoms with Crippen molar-refractivity contribution in [3.05, 3.63) is 35.9 Å². The van der Waals surface area contributed by atoms with E-state index in [0.717, 1.165) is 4.90 Å². The molecule has 0 radical (unpaired) electrons. The van der Waals surface area contributed by atoms with Gasteiger partial charge in [-0.3, -0.25) is 9.59 Å². The molecule has 0 atom stereocenters. The summed E-state index contributed by atoms with van der Waals surface area (Å²) in [7, 11) is 1.49. The maximum absolute atomic E-state index is 11.8. The highest BCUT2D eigenvalue weighted by molar-refractivity contribution is 5.95. The SMILES string of the molecule is COCCN(CC(=O)O)C(=O)C#Cc1ccccc1. The van der Waals surface area contributed by atoms with Crippen molar-refractivity contribution < 1.29 is 19.4 Å². The molecular formula is C14H15NO4. The summed E-state index contributed by atoms with van der Waals surface area (Å²) in [5, 5.41) is 8.73. The van der Waals surface area contributed by atoms with Gasteiger partial charge in [0, 0.05) is 25.1 Å². The smallest absolute Gasteiger partial charge is 0.323 e. The number of hydrogen-bond donors (Lipinski definition) is 1. The van der Waals surface area contributed by atoms with Gasteiger partial charge in [-0.15, -0.1) is 0 Å². The summed E-state index contributed by atoms with van der Waals surface area (Å²) < 4.78 is 4.83. The molecule has 1 amide bonds. The third-order valence-corrected chi connectivity index (χ3v) is 2.27. The molecule has 0 aliphatic carbocycles. The van der Waals surface area contributed by atoms with Crippen molar-refractivity contribution >= 4 is 11.9 Å². The average Bonchev–Trinajstić information content (AvgIpc) is 2.41.